The minimum absolute atomic E-state index is 0.0172. The number of hydrogen-bond acceptors (Lipinski definition) is 7. The number of furan rings is 1. The van der Waals surface area contributed by atoms with Gasteiger partial charge in [-0.05, 0) is 99.8 Å². The van der Waals surface area contributed by atoms with E-state index in [-0.39, 0.29) is 12.3 Å². The van der Waals surface area contributed by atoms with Crippen LogP contribution in [0.1, 0.15) is 28.8 Å². The van der Waals surface area contributed by atoms with E-state index < -0.39 is 17.1 Å². The molecule has 0 saturated carbocycles. The van der Waals surface area contributed by atoms with Gasteiger partial charge in [-0.25, -0.2) is 4.79 Å². The molecule has 0 bridgehead atoms. The summed E-state index contributed by atoms with van der Waals surface area (Å²) >= 11 is 5.23. The van der Waals surface area contributed by atoms with E-state index >= 15 is 0 Å². The first-order valence-corrected chi connectivity index (χ1v) is 11.4. The molecule has 1 saturated heterocycles. The van der Waals surface area contributed by atoms with Gasteiger partial charge in [0, 0.05) is 0 Å². The molecule has 0 radical (unpaired) electrons. The molecule has 152 valence electrons. The van der Waals surface area contributed by atoms with E-state index in [2.05, 4.69) is 49.9 Å². The second-order valence-corrected chi connectivity index (χ2v) is 9.09. The van der Waals surface area contributed by atoms with Gasteiger partial charge in [-0.1, -0.05) is 0 Å². The maximum atomic E-state index is 12.7. The Bertz CT molecular complexity index is 993. The summed E-state index contributed by atoms with van der Waals surface area (Å²) in [5.74, 6) is 0.112. The molecule has 10 heteroatoms. The number of methoxy groups -OCH3 is 1. The Morgan fingerprint density at radius 1 is 1.24 bits per heavy atom. The van der Waals surface area contributed by atoms with Crippen molar-refractivity contribution in [1.29, 1.82) is 0 Å². The molecule has 29 heavy (non-hydrogen) atoms. The number of esters is 1. The highest BCUT2D eigenvalue weighted by Gasteiger charge is 2.35. The lowest BCUT2D eigenvalue weighted by atomic mass is 10.2. The number of amides is 2. The Kier molecular flexibility index (Phi) is 7.27. The second kappa shape index (κ2) is 9.51. The fourth-order valence-electron chi connectivity index (χ4n) is 2.56. The van der Waals surface area contributed by atoms with Crippen LogP contribution < -0.4 is 4.74 Å². The molecule has 2 heterocycles. The van der Waals surface area contributed by atoms with Crippen LogP contribution in [0.3, 0.4) is 0 Å². The van der Waals surface area contributed by atoms with Crippen LogP contribution >= 0.6 is 56.9 Å². The molecule has 0 N–H and O–H groups in total. The maximum Gasteiger partial charge on any atom is 0.373 e. The van der Waals surface area contributed by atoms with Gasteiger partial charge in [0.05, 0.1) is 32.3 Å². The standard InChI is InChI=1S/C19H15I2NO6S/c1-3-27-16-12(20)6-10(7-13(16)21)8-15-17(23)22(19(25)29-15)9-11-4-5-14(28-11)18(24)26-2/h4-8H,3,9H2,1-2H3/b15-8+. The van der Waals surface area contributed by atoms with Crippen LogP contribution in [0.4, 0.5) is 4.79 Å². The topological polar surface area (TPSA) is 86.1 Å². The van der Waals surface area contributed by atoms with E-state index in [1.807, 2.05) is 19.1 Å². The van der Waals surface area contributed by atoms with Gasteiger partial charge in [0.15, 0.2) is 0 Å². The third kappa shape index (κ3) is 4.97. The lowest BCUT2D eigenvalue weighted by Gasteiger charge is -2.10. The molecule has 0 atom stereocenters. The van der Waals surface area contributed by atoms with Crippen LogP contribution in [-0.2, 0) is 16.1 Å². The van der Waals surface area contributed by atoms with Crippen molar-refractivity contribution in [2.45, 2.75) is 13.5 Å². The Hall–Kier alpha value is -1.54. The number of ether oxygens (including phenoxy) is 2. The van der Waals surface area contributed by atoms with Crippen LogP contribution in [0.15, 0.2) is 33.6 Å². The first-order valence-electron chi connectivity index (χ1n) is 8.38. The van der Waals surface area contributed by atoms with Gasteiger partial charge in [-0.3, -0.25) is 14.5 Å². The summed E-state index contributed by atoms with van der Waals surface area (Å²) in [4.78, 5) is 37.9. The summed E-state index contributed by atoms with van der Waals surface area (Å²) in [6.07, 6.45) is 1.69. The van der Waals surface area contributed by atoms with Crippen LogP contribution in [0, 0.1) is 7.14 Å². The fourth-order valence-corrected chi connectivity index (χ4v) is 5.53. The molecule has 0 aliphatic carbocycles. The highest BCUT2D eigenvalue weighted by atomic mass is 127. The number of carbonyl (C=O) groups excluding carboxylic acids is 3. The third-order valence-corrected chi connectivity index (χ3v) is 6.35. The largest absolute Gasteiger partial charge is 0.492 e. The van der Waals surface area contributed by atoms with Crippen molar-refractivity contribution >= 4 is 80.1 Å². The summed E-state index contributed by atoms with van der Waals surface area (Å²) in [6.45, 7) is 2.43. The third-order valence-electron chi connectivity index (χ3n) is 3.84. The summed E-state index contributed by atoms with van der Waals surface area (Å²) in [5.41, 5.74) is 0.804. The number of nitrogens with zero attached hydrogens (tertiary/aromatic N) is 1. The molecule has 1 fully saturated rings. The van der Waals surface area contributed by atoms with Gasteiger partial charge in [0.1, 0.15) is 11.5 Å². The number of halogens is 2. The Balaban J connectivity index is 1.80. The zero-order valence-corrected chi connectivity index (χ0v) is 20.5. The fraction of sp³-hybridized carbons (Fsp3) is 0.211. The van der Waals surface area contributed by atoms with Crippen LogP contribution in [0.5, 0.6) is 5.75 Å². The van der Waals surface area contributed by atoms with Crippen molar-refractivity contribution < 1.29 is 28.3 Å². The van der Waals surface area contributed by atoms with Crippen molar-refractivity contribution in [2.24, 2.45) is 0 Å². The van der Waals surface area contributed by atoms with Gasteiger partial charge in [0.25, 0.3) is 11.1 Å². The van der Waals surface area contributed by atoms with Gasteiger partial charge in [-0.15, -0.1) is 0 Å². The smallest absolute Gasteiger partial charge is 0.373 e. The van der Waals surface area contributed by atoms with Crippen molar-refractivity contribution in [2.75, 3.05) is 13.7 Å². The maximum absolute atomic E-state index is 12.7. The number of benzene rings is 1. The molecular weight excluding hydrogens is 624 g/mol. The predicted octanol–water partition coefficient (Wildman–Crippen LogP) is 4.91. The Morgan fingerprint density at radius 3 is 2.55 bits per heavy atom. The zero-order valence-electron chi connectivity index (χ0n) is 15.4. The highest BCUT2D eigenvalue weighted by Crippen LogP contribution is 2.35. The molecule has 2 aromatic rings. The van der Waals surface area contributed by atoms with Gasteiger partial charge < -0.3 is 13.9 Å². The second-order valence-electron chi connectivity index (χ2n) is 5.77. The van der Waals surface area contributed by atoms with Gasteiger partial charge in [-0.2, -0.15) is 0 Å². The summed E-state index contributed by atoms with van der Waals surface area (Å²) in [7, 11) is 1.25. The van der Waals surface area contributed by atoms with Crippen molar-refractivity contribution in [3.8, 4) is 5.75 Å². The quantitative estimate of drug-likeness (QED) is 0.253. The number of carbonyl (C=O) groups is 3. The molecule has 3 rings (SSSR count). The van der Waals surface area contributed by atoms with E-state index in [9.17, 15) is 14.4 Å². The van der Waals surface area contributed by atoms with Crippen molar-refractivity contribution in [3.63, 3.8) is 0 Å². The van der Waals surface area contributed by atoms with E-state index in [1.54, 1.807) is 6.08 Å². The number of imide groups is 1. The first-order chi connectivity index (χ1) is 13.8. The minimum atomic E-state index is -0.620. The average molecular weight is 639 g/mol. The van der Waals surface area contributed by atoms with Crippen molar-refractivity contribution in [3.05, 3.63) is 53.4 Å². The lowest BCUT2D eigenvalue weighted by molar-refractivity contribution is -0.123. The zero-order chi connectivity index (χ0) is 21.1. The number of thioether (sulfide) groups is 1. The normalized spacial score (nSPS) is 15.3. The summed E-state index contributed by atoms with van der Waals surface area (Å²) in [5, 5.41) is -0.396. The monoisotopic (exact) mass is 639 g/mol. The van der Waals surface area contributed by atoms with E-state index in [0.717, 1.165) is 35.1 Å². The SMILES string of the molecule is CCOc1c(I)cc(/C=C2/SC(=O)N(Cc3ccc(C(=O)OC)o3)C2=O)cc1I. The van der Waals surface area contributed by atoms with Crippen LogP contribution in [-0.4, -0.2) is 35.7 Å². The lowest BCUT2D eigenvalue weighted by Crippen LogP contribution is -2.27. The molecule has 1 aromatic heterocycles. The summed E-state index contributed by atoms with van der Waals surface area (Å²) in [6, 6.07) is 6.78. The molecule has 0 spiro atoms. The molecule has 2 amide bonds. The summed E-state index contributed by atoms with van der Waals surface area (Å²) < 4.78 is 17.4. The average Bonchev–Trinajstić information content (AvgIpc) is 3.25. The number of hydrogen-bond donors (Lipinski definition) is 0. The predicted molar refractivity (Wildman–Crippen MR) is 125 cm³/mol. The Morgan fingerprint density at radius 2 is 1.93 bits per heavy atom. The van der Waals surface area contributed by atoms with Crippen molar-refractivity contribution in [1.82, 2.24) is 4.90 Å². The van der Waals surface area contributed by atoms with E-state index in [4.69, 9.17) is 9.15 Å². The molecule has 7 nitrogen and oxygen atoms in total. The van der Waals surface area contributed by atoms with E-state index in [0.29, 0.717) is 17.3 Å². The number of rotatable bonds is 6. The highest BCUT2D eigenvalue weighted by molar-refractivity contribution is 14.1. The molecule has 1 aliphatic heterocycles. The molecule has 1 aromatic carbocycles. The van der Waals surface area contributed by atoms with Gasteiger partial charge >= 0.3 is 5.97 Å². The van der Waals surface area contributed by atoms with E-state index in [1.165, 1.54) is 19.2 Å². The first kappa shape index (κ1) is 22.2. The van der Waals surface area contributed by atoms with Crippen LogP contribution in [0.25, 0.3) is 6.08 Å². The Labute approximate surface area is 198 Å². The van der Waals surface area contributed by atoms with Gasteiger partial charge in [0.2, 0.25) is 5.76 Å². The molecule has 1 aliphatic rings. The molecule has 0 unspecified atom stereocenters. The minimum Gasteiger partial charge on any atom is -0.492 e. The van der Waals surface area contributed by atoms with Crippen LogP contribution in [0.2, 0.25) is 0 Å². The molecular formula is C19H15I2NO6S.